The van der Waals surface area contributed by atoms with Gasteiger partial charge in [0.1, 0.15) is 17.4 Å². The highest BCUT2D eigenvalue weighted by atomic mass is 16.5. The van der Waals surface area contributed by atoms with E-state index in [1.54, 1.807) is 6.07 Å². The quantitative estimate of drug-likeness (QED) is 0.686. The predicted octanol–water partition coefficient (Wildman–Crippen LogP) is 3.61. The van der Waals surface area contributed by atoms with Gasteiger partial charge in [-0.25, -0.2) is 9.97 Å². The normalized spacial score (nSPS) is 20.9. The van der Waals surface area contributed by atoms with E-state index in [-0.39, 0.29) is 17.7 Å². The molecule has 0 N–H and O–H groups in total. The van der Waals surface area contributed by atoms with Crippen molar-refractivity contribution in [1.29, 1.82) is 0 Å². The second-order valence-electron chi connectivity index (χ2n) is 9.82. The molecule has 8 nitrogen and oxygen atoms in total. The maximum Gasteiger partial charge on any atom is 0.276 e. The minimum atomic E-state index is -0.0911. The van der Waals surface area contributed by atoms with Crippen LogP contribution in [0.3, 0.4) is 0 Å². The number of carbonyl (C=O) groups is 2. The first-order chi connectivity index (χ1) is 15.4. The van der Waals surface area contributed by atoms with Crippen LogP contribution in [0.25, 0.3) is 0 Å². The summed E-state index contributed by atoms with van der Waals surface area (Å²) < 4.78 is 5.36. The molecule has 8 heteroatoms. The molecule has 1 aliphatic carbocycles. The number of aromatic nitrogens is 3. The van der Waals surface area contributed by atoms with Crippen LogP contribution in [0.4, 0.5) is 5.82 Å². The highest BCUT2D eigenvalue weighted by Crippen LogP contribution is 2.40. The van der Waals surface area contributed by atoms with Gasteiger partial charge in [0, 0.05) is 55.2 Å². The van der Waals surface area contributed by atoms with Crippen LogP contribution >= 0.6 is 0 Å². The minimum Gasteiger partial charge on any atom is -0.360 e. The zero-order valence-corrected chi connectivity index (χ0v) is 19.1. The van der Waals surface area contributed by atoms with Crippen LogP contribution in [0.1, 0.15) is 91.1 Å². The number of carbonyl (C=O) groups excluding carboxylic acids is 2. The van der Waals surface area contributed by atoms with Gasteiger partial charge in [-0.2, -0.15) is 0 Å². The molecule has 2 amide bonds. The number of hydrogen-bond acceptors (Lipinski definition) is 6. The molecule has 170 valence electrons. The van der Waals surface area contributed by atoms with E-state index in [2.05, 4.69) is 19.0 Å². The summed E-state index contributed by atoms with van der Waals surface area (Å²) in [6.45, 7) is 8.22. The van der Waals surface area contributed by atoms with Crippen LogP contribution in [0.2, 0.25) is 0 Å². The van der Waals surface area contributed by atoms with Gasteiger partial charge in [0.2, 0.25) is 5.91 Å². The molecule has 2 aromatic rings. The summed E-state index contributed by atoms with van der Waals surface area (Å²) in [5.74, 6) is 3.39. The molecule has 0 radical (unpaired) electrons. The lowest BCUT2D eigenvalue weighted by molar-refractivity contribution is -0.119. The minimum absolute atomic E-state index is 0.0572. The van der Waals surface area contributed by atoms with E-state index in [1.165, 1.54) is 0 Å². The van der Waals surface area contributed by atoms with E-state index >= 15 is 0 Å². The first-order valence-electron chi connectivity index (χ1n) is 11.8. The third-order valence-corrected chi connectivity index (χ3v) is 6.85. The van der Waals surface area contributed by atoms with Gasteiger partial charge in [-0.3, -0.25) is 14.5 Å². The summed E-state index contributed by atoms with van der Waals surface area (Å²) >= 11 is 0. The van der Waals surface area contributed by atoms with Crippen LogP contribution in [-0.2, 0) is 11.2 Å². The fourth-order valence-corrected chi connectivity index (χ4v) is 4.67. The van der Waals surface area contributed by atoms with Gasteiger partial charge in [-0.15, -0.1) is 0 Å². The molecule has 2 aliphatic heterocycles. The Morgan fingerprint density at radius 2 is 2.00 bits per heavy atom. The first kappa shape index (κ1) is 21.1. The van der Waals surface area contributed by atoms with Crippen molar-refractivity contribution in [2.45, 2.75) is 71.1 Å². The Kier molecular flexibility index (Phi) is 5.47. The highest BCUT2D eigenvalue weighted by molar-refractivity contribution is 5.95. The van der Waals surface area contributed by atoms with E-state index in [0.717, 1.165) is 54.3 Å². The van der Waals surface area contributed by atoms with E-state index in [9.17, 15) is 9.59 Å². The molecule has 2 aromatic heterocycles. The van der Waals surface area contributed by atoms with Crippen molar-refractivity contribution in [3.8, 4) is 0 Å². The summed E-state index contributed by atoms with van der Waals surface area (Å²) in [6, 6.07) is 1.80. The third kappa shape index (κ3) is 4.02. The van der Waals surface area contributed by atoms with Gasteiger partial charge in [-0.05, 0) is 44.9 Å². The fraction of sp³-hybridized carbons (Fsp3) is 0.625. The topological polar surface area (TPSA) is 92.4 Å². The van der Waals surface area contributed by atoms with Crippen molar-refractivity contribution < 1.29 is 14.1 Å². The number of hydrogen-bond donors (Lipinski definition) is 0. The maximum atomic E-state index is 12.9. The summed E-state index contributed by atoms with van der Waals surface area (Å²) in [7, 11) is 0. The van der Waals surface area contributed by atoms with Crippen LogP contribution in [0.5, 0.6) is 0 Å². The van der Waals surface area contributed by atoms with E-state index in [4.69, 9.17) is 14.5 Å². The number of nitrogens with zero attached hydrogens (tertiary/aromatic N) is 5. The molecule has 1 atom stereocenters. The predicted molar refractivity (Wildman–Crippen MR) is 119 cm³/mol. The van der Waals surface area contributed by atoms with Crippen LogP contribution < -0.4 is 4.90 Å². The number of fused-ring (bicyclic) bond motifs is 1. The zero-order chi connectivity index (χ0) is 22.4. The molecule has 2 fully saturated rings. The summed E-state index contributed by atoms with van der Waals surface area (Å²) in [4.78, 5) is 39.0. The molecule has 32 heavy (non-hydrogen) atoms. The Hall–Kier alpha value is -2.77. The molecule has 1 saturated carbocycles. The van der Waals surface area contributed by atoms with Gasteiger partial charge in [-0.1, -0.05) is 19.0 Å². The summed E-state index contributed by atoms with van der Waals surface area (Å²) in [5, 5.41) is 4.00. The molecule has 0 unspecified atom stereocenters. The maximum absolute atomic E-state index is 12.9. The van der Waals surface area contributed by atoms with Crippen molar-refractivity contribution in [2.24, 2.45) is 5.92 Å². The number of aryl methyl sites for hydroxylation is 1. The number of rotatable bonds is 6. The Morgan fingerprint density at radius 3 is 2.75 bits per heavy atom. The molecular formula is C24H31N5O3. The summed E-state index contributed by atoms with van der Waals surface area (Å²) in [6.07, 6.45) is 5.18. The lowest BCUT2D eigenvalue weighted by atomic mass is 10.0. The van der Waals surface area contributed by atoms with Crippen molar-refractivity contribution in [1.82, 2.24) is 20.0 Å². The highest BCUT2D eigenvalue weighted by Gasteiger charge is 2.35. The lowest BCUT2D eigenvalue weighted by Crippen LogP contribution is -2.38. The van der Waals surface area contributed by atoms with Gasteiger partial charge in [0.15, 0.2) is 5.69 Å². The Bertz CT molecular complexity index is 1040. The Balaban J connectivity index is 1.34. The number of anilines is 1. The number of amides is 2. The van der Waals surface area contributed by atoms with E-state index in [1.807, 2.05) is 16.7 Å². The molecule has 0 aromatic carbocycles. The first-order valence-corrected chi connectivity index (χ1v) is 11.8. The lowest BCUT2D eigenvalue weighted by Gasteiger charge is -2.30. The standard InChI is InChI=1S/C24H31N5O3/c1-14(2)8-11-29-21(30)7-6-18-15(3)25-22(26-23(18)29)17-9-10-28(13-17)24(31)19-12-20(32-27-19)16-4-5-16/h12,14,16-17H,4-11,13H2,1-3H3/t17-/m1/s1. The molecule has 5 rings (SSSR count). The van der Waals surface area contributed by atoms with Gasteiger partial charge < -0.3 is 9.42 Å². The van der Waals surface area contributed by atoms with Crippen LogP contribution in [0, 0.1) is 12.8 Å². The zero-order valence-electron chi connectivity index (χ0n) is 19.1. The Morgan fingerprint density at radius 1 is 1.19 bits per heavy atom. The monoisotopic (exact) mass is 437 g/mol. The average molecular weight is 438 g/mol. The van der Waals surface area contributed by atoms with Crippen molar-refractivity contribution >= 4 is 17.6 Å². The van der Waals surface area contributed by atoms with E-state index in [0.29, 0.717) is 50.0 Å². The van der Waals surface area contributed by atoms with Crippen molar-refractivity contribution in [3.63, 3.8) is 0 Å². The molecule has 4 heterocycles. The SMILES string of the molecule is Cc1nc([C@@H]2CCN(C(=O)c3cc(C4CC4)on3)C2)nc2c1CCC(=O)N2CCC(C)C. The van der Waals surface area contributed by atoms with Crippen molar-refractivity contribution in [2.75, 3.05) is 24.5 Å². The molecule has 1 saturated heterocycles. The van der Waals surface area contributed by atoms with Gasteiger partial charge in [0.05, 0.1) is 0 Å². The second kappa shape index (κ2) is 8.30. The molecule has 0 bridgehead atoms. The van der Waals surface area contributed by atoms with Crippen LogP contribution in [-0.4, -0.2) is 51.5 Å². The average Bonchev–Trinajstić information content (AvgIpc) is 3.29. The molecule has 3 aliphatic rings. The van der Waals surface area contributed by atoms with E-state index < -0.39 is 0 Å². The fourth-order valence-electron chi connectivity index (χ4n) is 4.67. The van der Waals surface area contributed by atoms with Crippen molar-refractivity contribution in [3.05, 3.63) is 34.6 Å². The molecule has 0 spiro atoms. The largest absolute Gasteiger partial charge is 0.360 e. The summed E-state index contributed by atoms with van der Waals surface area (Å²) in [5.41, 5.74) is 2.42. The second-order valence-corrected chi connectivity index (χ2v) is 9.82. The number of likely N-dealkylation sites (tertiary alicyclic amines) is 1. The molecular weight excluding hydrogens is 406 g/mol. The van der Waals surface area contributed by atoms with Gasteiger partial charge >= 0.3 is 0 Å². The third-order valence-electron chi connectivity index (χ3n) is 6.85. The Labute approximate surface area is 188 Å². The smallest absolute Gasteiger partial charge is 0.276 e. The van der Waals surface area contributed by atoms with Crippen LogP contribution in [0.15, 0.2) is 10.6 Å². The van der Waals surface area contributed by atoms with Gasteiger partial charge in [0.25, 0.3) is 5.91 Å².